The average molecular weight is 240 g/mol. The third-order valence-corrected chi connectivity index (χ3v) is 3.51. The lowest BCUT2D eigenvalue weighted by molar-refractivity contribution is -0.156. The molecule has 0 aliphatic heterocycles. The van der Waals surface area contributed by atoms with Crippen LogP contribution in [0.5, 0.6) is 0 Å². The zero-order valence-electron chi connectivity index (χ0n) is 10.2. The van der Waals surface area contributed by atoms with Crippen molar-refractivity contribution in [3.05, 3.63) is 12.2 Å². The summed E-state index contributed by atoms with van der Waals surface area (Å²) >= 11 is 0. The van der Waals surface area contributed by atoms with Gasteiger partial charge >= 0.3 is 11.9 Å². The lowest BCUT2D eigenvalue weighted by atomic mass is 9.78. The number of carboxylic acids is 2. The van der Waals surface area contributed by atoms with Gasteiger partial charge in [0.05, 0.1) is 11.8 Å². The molecule has 0 amide bonds. The van der Waals surface area contributed by atoms with Crippen LogP contribution in [-0.2, 0) is 9.59 Å². The van der Waals surface area contributed by atoms with Crippen molar-refractivity contribution in [2.24, 2.45) is 17.8 Å². The van der Waals surface area contributed by atoms with E-state index in [-0.39, 0.29) is 12.3 Å². The zero-order valence-corrected chi connectivity index (χ0v) is 10.2. The Labute approximate surface area is 101 Å². The first-order valence-electron chi connectivity index (χ1n) is 6.03. The fourth-order valence-corrected chi connectivity index (χ4v) is 2.76. The monoisotopic (exact) mass is 240 g/mol. The number of allylic oxidation sites excluding steroid dienone is 1. The van der Waals surface area contributed by atoms with Gasteiger partial charge in [-0.2, -0.15) is 0 Å². The topological polar surface area (TPSA) is 74.6 Å². The van der Waals surface area contributed by atoms with Crippen LogP contribution in [0.15, 0.2) is 12.2 Å². The molecule has 2 atom stereocenters. The van der Waals surface area contributed by atoms with E-state index < -0.39 is 23.8 Å². The van der Waals surface area contributed by atoms with Gasteiger partial charge < -0.3 is 10.2 Å². The van der Waals surface area contributed by atoms with Crippen LogP contribution < -0.4 is 0 Å². The lowest BCUT2D eigenvalue weighted by Crippen LogP contribution is -2.34. The molecule has 0 aromatic rings. The van der Waals surface area contributed by atoms with E-state index in [2.05, 4.69) is 6.58 Å². The second-order valence-electron chi connectivity index (χ2n) is 5.01. The van der Waals surface area contributed by atoms with Gasteiger partial charge in [-0.25, -0.2) is 0 Å². The van der Waals surface area contributed by atoms with Gasteiger partial charge in [0.25, 0.3) is 0 Å². The first-order chi connectivity index (χ1) is 7.93. The van der Waals surface area contributed by atoms with Gasteiger partial charge in [-0.1, -0.05) is 18.4 Å². The van der Waals surface area contributed by atoms with Crippen molar-refractivity contribution in [2.75, 3.05) is 0 Å². The summed E-state index contributed by atoms with van der Waals surface area (Å²) in [5, 5.41) is 18.5. The Balaban J connectivity index is 2.87. The summed E-state index contributed by atoms with van der Waals surface area (Å²) in [4.78, 5) is 22.6. The molecule has 1 aliphatic rings. The average Bonchev–Trinajstić information content (AvgIpc) is 2.68. The number of hydrogen-bond acceptors (Lipinski definition) is 2. The van der Waals surface area contributed by atoms with Crippen LogP contribution in [0.25, 0.3) is 0 Å². The quantitative estimate of drug-likeness (QED) is 0.700. The molecule has 4 nitrogen and oxygen atoms in total. The standard InChI is InChI=1S/C13H20O4/c1-8(2)7-10(12(14)15)11(13(16)17)9-5-3-4-6-9/h9-11H,1,3-7H2,2H3,(H,14,15)(H,16,17)/t10-,11+/m1/s1. The van der Waals surface area contributed by atoms with Crippen LogP contribution in [0.3, 0.4) is 0 Å². The molecular weight excluding hydrogens is 220 g/mol. The molecule has 1 fully saturated rings. The van der Waals surface area contributed by atoms with Crippen LogP contribution in [0, 0.1) is 17.8 Å². The van der Waals surface area contributed by atoms with Gasteiger partial charge in [0.2, 0.25) is 0 Å². The summed E-state index contributed by atoms with van der Waals surface area (Å²) in [6, 6.07) is 0. The van der Waals surface area contributed by atoms with Crippen LogP contribution in [0.4, 0.5) is 0 Å². The Hall–Kier alpha value is -1.32. The van der Waals surface area contributed by atoms with Crippen molar-refractivity contribution in [1.82, 2.24) is 0 Å². The van der Waals surface area contributed by atoms with Crippen molar-refractivity contribution in [3.8, 4) is 0 Å². The van der Waals surface area contributed by atoms with E-state index >= 15 is 0 Å². The van der Waals surface area contributed by atoms with E-state index in [1.54, 1.807) is 6.92 Å². The molecule has 2 N–H and O–H groups in total. The molecule has 0 aromatic heterocycles. The van der Waals surface area contributed by atoms with Crippen LogP contribution in [0.1, 0.15) is 39.0 Å². The third-order valence-electron chi connectivity index (χ3n) is 3.51. The van der Waals surface area contributed by atoms with E-state index in [9.17, 15) is 19.8 Å². The molecule has 0 heterocycles. The van der Waals surface area contributed by atoms with Gasteiger partial charge in [0, 0.05) is 0 Å². The van der Waals surface area contributed by atoms with Gasteiger partial charge in [-0.15, -0.1) is 6.58 Å². The van der Waals surface area contributed by atoms with Crippen LogP contribution >= 0.6 is 0 Å². The van der Waals surface area contributed by atoms with E-state index in [1.165, 1.54) is 0 Å². The summed E-state index contributed by atoms with van der Waals surface area (Å²) in [5.41, 5.74) is 0.724. The Kier molecular flexibility index (Phi) is 4.73. The van der Waals surface area contributed by atoms with Crippen molar-refractivity contribution in [1.29, 1.82) is 0 Å². The Morgan fingerprint density at radius 3 is 2.12 bits per heavy atom. The van der Waals surface area contributed by atoms with Crippen molar-refractivity contribution in [3.63, 3.8) is 0 Å². The molecule has 1 rings (SSSR count). The Morgan fingerprint density at radius 2 is 1.76 bits per heavy atom. The maximum atomic E-state index is 11.3. The maximum Gasteiger partial charge on any atom is 0.307 e. The molecular formula is C13H20O4. The van der Waals surface area contributed by atoms with Crippen LogP contribution in [-0.4, -0.2) is 22.2 Å². The first-order valence-corrected chi connectivity index (χ1v) is 6.03. The largest absolute Gasteiger partial charge is 0.481 e. The summed E-state index contributed by atoms with van der Waals surface area (Å²) in [5.74, 6) is -3.61. The minimum Gasteiger partial charge on any atom is -0.481 e. The number of aliphatic carboxylic acids is 2. The SMILES string of the molecule is C=C(C)C[C@@H](C(=O)O)[C@@H](C(=O)O)C1CCCC1. The Morgan fingerprint density at radius 1 is 1.24 bits per heavy atom. The highest BCUT2D eigenvalue weighted by Gasteiger charge is 2.40. The summed E-state index contributed by atoms with van der Waals surface area (Å²) in [7, 11) is 0. The molecule has 1 aliphatic carbocycles. The molecule has 0 radical (unpaired) electrons. The molecule has 4 heteroatoms. The first kappa shape index (κ1) is 13.7. The molecule has 17 heavy (non-hydrogen) atoms. The predicted molar refractivity (Wildman–Crippen MR) is 63.6 cm³/mol. The number of rotatable bonds is 6. The van der Waals surface area contributed by atoms with E-state index in [1.807, 2.05) is 0 Å². The number of carboxylic acid groups (broad SMARTS) is 2. The van der Waals surface area contributed by atoms with Gasteiger partial charge in [0.1, 0.15) is 0 Å². The number of carbonyl (C=O) groups is 2. The second-order valence-corrected chi connectivity index (χ2v) is 5.01. The Bertz CT molecular complexity index is 315. The van der Waals surface area contributed by atoms with Crippen molar-refractivity contribution < 1.29 is 19.8 Å². The van der Waals surface area contributed by atoms with E-state index in [0.717, 1.165) is 31.3 Å². The summed E-state index contributed by atoms with van der Waals surface area (Å²) in [6.45, 7) is 5.43. The smallest absolute Gasteiger partial charge is 0.307 e. The number of hydrogen-bond donors (Lipinski definition) is 2. The highest BCUT2D eigenvalue weighted by Crippen LogP contribution is 2.37. The summed E-state index contributed by atoms with van der Waals surface area (Å²) < 4.78 is 0. The van der Waals surface area contributed by atoms with Crippen molar-refractivity contribution >= 4 is 11.9 Å². The fourth-order valence-electron chi connectivity index (χ4n) is 2.76. The van der Waals surface area contributed by atoms with Gasteiger partial charge in [0.15, 0.2) is 0 Å². The minimum absolute atomic E-state index is 0.00736. The minimum atomic E-state index is -1.02. The maximum absolute atomic E-state index is 11.3. The zero-order chi connectivity index (χ0) is 13.0. The molecule has 1 saturated carbocycles. The molecule has 0 aromatic carbocycles. The second kappa shape index (κ2) is 5.84. The highest BCUT2D eigenvalue weighted by molar-refractivity contribution is 5.80. The molecule has 0 saturated heterocycles. The fraction of sp³-hybridized carbons (Fsp3) is 0.692. The van der Waals surface area contributed by atoms with E-state index in [4.69, 9.17) is 0 Å². The van der Waals surface area contributed by atoms with Crippen molar-refractivity contribution in [2.45, 2.75) is 39.0 Å². The predicted octanol–water partition coefficient (Wildman–Crippen LogP) is 2.54. The summed E-state index contributed by atoms with van der Waals surface area (Å²) in [6.07, 6.45) is 3.93. The molecule has 0 unspecified atom stereocenters. The normalized spacial score (nSPS) is 19.8. The van der Waals surface area contributed by atoms with E-state index in [0.29, 0.717) is 0 Å². The molecule has 0 bridgehead atoms. The van der Waals surface area contributed by atoms with Gasteiger partial charge in [-0.05, 0) is 32.1 Å². The van der Waals surface area contributed by atoms with Crippen LogP contribution in [0.2, 0.25) is 0 Å². The molecule has 96 valence electrons. The molecule has 0 spiro atoms. The lowest BCUT2D eigenvalue weighted by Gasteiger charge is -2.25. The van der Waals surface area contributed by atoms with Gasteiger partial charge in [-0.3, -0.25) is 9.59 Å². The highest BCUT2D eigenvalue weighted by atomic mass is 16.4. The third kappa shape index (κ3) is 3.58.